The number of fused-ring (bicyclic) bond motifs is 1. The van der Waals surface area contributed by atoms with Gasteiger partial charge < -0.3 is 10.2 Å². The lowest BCUT2D eigenvalue weighted by molar-refractivity contribution is 0.0943. The number of amides is 1. The number of rotatable bonds is 4. The Balaban J connectivity index is 1.59. The van der Waals surface area contributed by atoms with E-state index in [4.69, 9.17) is 0 Å². The molecule has 4 rings (SSSR count). The van der Waals surface area contributed by atoms with Crippen molar-refractivity contribution in [3.05, 3.63) is 57.8 Å². The van der Waals surface area contributed by atoms with Gasteiger partial charge in [-0.25, -0.2) is 4.39 Å². The molecule has 1 aliphatic rings. The van der Waals surface area contributed by atoms with Gasteiger partial charge in [0.25, 0.3) is 11.5 Å². The number of hydrogen-bond donors (Lipinski definition) is 1. The summed E-state index contributed by atoms with van der Waals surface area (Å²) in [6, 6.07) is 7.06. The molecule has 1 fully saturated rings. The Morgan fingerprint density at radius 1 is 1.36 bits per heavy atom. The molecular weight excluding hydrogens is 381 g/mol. The fraction of sp³-hybridized carbons (Fsp3) is 0.368. The van der Waals surface area contributed by atoms with Gasteiger partial charge in [0.2, 0.25) is 10.1 Å². The first kappa shape index (κ1) is 18.5. The summed E-state index contributed by atoms with van der Waals surface area (Å²) in [7, 11) is 0. The topological polar surface area (TPSA) is 79.6 Å². The van der Waals surface area contributed by atoms with Crippen LogP contribution in [0.3, 0.4) is 0 Å². The van der Waals surface area contributed by atoms with Gasteiger partial charge >= 0.3 is 0 Å². The van der Waals surface area contributed by atoms with Gasteiger partial charge in [-0.2, -0.15) is 9.50 Å². The van der Waals surface area contributed by atoms with E-state index >= 15 is 0 Å². The third-order valence-electron chi connectivity index (χ3n) is 4.77. The van der Waals surface area contributed by atoms with E-state index < -0.39 is 11.5 Å². The van der Waals surface area contributed by atoms with Crippen molar-refractivity contribution in [3.8, 4) is 0 Å². The molecule has 0 unspecified atom stereocenters. The zero-order valence-electron chi connectivity index (χ0n) is 15.4. The van der Waals surface area contributed by atoms with Crippen molar-refractivity contribution in [2.45, 2.75) is 26.3 Å². The number of nitrogens with zero attached hydrogens (tertiary/aromatic N) is 4. The fourth-order valence-corrected chi connectivity index (χ4v) is 4.28. The first-order valence-electron chi connectivity index (χ1n) is 9.18. The van der Waals surface area contributed by atoms with Crippen LogP contribution in [0, 0.1) is 11.7 Å². The summed E-state index contributed by atoms with van der Waals surface area (Å²) in [6.45, 7) is 4.23. The van der Waals surface area contributed by atoms with Crippen LogP contribution in [0.1, 0.15) is 35.8 Å². The van der Waals surface area contributed by atoms with Gasteiger partial charge in [0.1, 0.15) is 11.5 Å². The van der Waals surface area contributed by atoms with Crippen LogP contribution in [0.15, 0.2) is 35.1 Å². The average Bonchev–Trinajstić information content (AvgIpc) is 3.10. The largest absolute Gasteiger partial charge is 0.347 e. The van der Waals surface area contributed by atoms with Crippen molar-refractivity contribution in [2.75, 3.05) is 18.0 Å². The average molecular weight is 401 g/mol. The number of piperidine rings is 1. The highest BCUT2D eigenvalue weighted by molar-refractivity contribution is 7.20. The van der Waals surface area contributed by atoms with Crippen LogP contribution in [0.5, 0.6) is 0 Å². The number of halogens is 1. The molecule has 1 N–H and O–H groups in total. The first-order chi connectivity index (χ1) is 13.5. The molecule has 2 aromatic heterocycles. The number of nitrogens with one attached hydrogen (secondary N) is 1. The molecule has 28 heavy (non-hydrogen) atoms. The molecule has 7 nitrogen and oxygen atoms in total. The quantitative estimate of drug-likeness (QED) is 0.727. The number of carbonyl (C=O) groups excluding carboxylic acids is 1. The molecule has 1 atom stereocenters. The third kappa shape index (κ3) is 3.89. The maximum atomic E-state index is 13.0. The molecule has 1 amide bonds. The lowest BCUT2D eigenvalue weighted by atomic mass is 10.0. The summed E-state index contributed by atoms with van der Waals surface area (Å²) in [5.41, 5.74) is 0.424. The molecule has 1 saturated heterocycles. The molecule has 0 bridgehead atoms. The van der Waals surface area contributed by atoms with Crippen molar-refractivity contribution in [1.82, 2.24) is 19.9 Å². The molecule has 3 aromatic rings. The normalized spacial score (nSPS) is 17.1. The predicted octanol–water partition coefficient (Wildman–Crippen LogP) is 2.46. The summed E-state index contributed by atoms with van der Waals surface area (Å²) in [4.78, 5) is 31.2. The van der Waals surface area contributed by atoms with Crippen molar-refractivity contribution < 1.29 is 9.18 Å². The monoisotopic (exact) mass is 401 g/mol. The minimum absolute atomic E-state index is 0.143. The SMILES string of the molecule is C[C@H]1CCCN(c2nn3c(C(=O)NCc4ccc(F)cc4)cc(=O)nc3s2)C1. The minimum atomic E-state index is -0.478. The lowest BCUT2D eigenvalue weighted by Crippen LogP contribution is -2.34. The van der Waals surface area contributed by atoms with Crippen LogP contribution < -0.4 is 15.8 Å². The van der Waals surface area contributed by atoms with Crippen LogP contribution in [0.4, 0.5) is 9.52 Å². The summed E-state index contributed by atoms with van der Waals surface area (Å²) in [5.74, 6) is -0.186. The standard InChI is InChI=1S/C19H20FN5O2S/c1-12-3-2-8-24(11-12)19-23-25-15(9-16(26)22-18(25)28-19)17(27)21-10-13-4-6-14(20)7-5-13/h4-7,9,12H,2-3,8,10-11H2,1H3,(H,21,27)/t12-/m0/s1. The maximum Gasteiger partial charge on any atom is 0.274 e. The van der Waals surface area contributed by atoms with Gasteiger partial charge in [-0.1, -0.05) is 30.4 Å². The van der Waals surface area contributed by atoms with Gasteiger partial charge in [0.15, 0.2) is 0 Å². The van der Waals surface area contributed by atoms with Crippen LogP contribution in [-0.4, -0.2) is 33.6 Å². The van der Waals surface area contributed by atoms with E-state index in [2.05, 4.69) is 27.2 Å². The van der Waals surface area contributed by atoms with Crippen molar-refractivity contribution in [2.24, 2.45) is 5.92 Å². The summed E-state index contributed by atoms with van der Waals surface area (Å²) < 4.78 is 14.4. The first-order valence-corrected chi connectivity index (χ1v) is 10.00. The molecule has 146 valence electrons. The predicted molar refractivity (Wildman–Crippen MR) is 105 cm³/mol. The Bertz CT molecular complexity index is 1060. The second-order valence-electron chi connectivity index (χ2n) is 7.06. The third-order valence-corrected chi connectivity index (χ3v) is 5.74. The Hall–Kier alpha value is -2.81. The van der Waals surface area contributed by atoms with Crippen molar-refractivity contribution in [3.63, 3.8) is 0 Å². The zero-order chi connectivity index (χ0) is 19.7. The summed E-state index contributed by atoms with van der Waals surface area (Å²) >= 11 is 1.31. The fourth-order valence-electron chi connectivity index (χ4n) is 3.33. The molecule has 3 heterocycles. The molecular formula is C19H20FN5O2S. The second kappa shape index (κ2) is 7.67. The van der Waals surface area contributed by atoms with E-state index in [1.807, 2.05) is 0 Å². The smallest absolute Gasteiger partial charge is 0.274 e. The van der Waals surface area contributed by atoms with Gasteiger partial charge in [0, 0.05) is 25.7 Å². The molecule has 0 radical (unpaired) electrons. The van der Waals surface area contributed by atoms with Gasteiger partial charge in [0.05, 0.1) is 0 Å². The van der Waals surface area contributed by atoms with Crippen molar-refractivity contribution >= 4 is 27.3 Å². The lowest BCUT2D eigenvalue weighted by Gasteiger charge is -2.30. The van der Waals surface area contributed by atoms with Gasteiger partial charge in [-0.15, -0.1) is 5.10 Å². The van der Waals surface area contributed by atoms with E-state index in [9.17, 15) is 14.0 Å². The molecule has 9 heteroatoms. The van der Waals surface area contributed by atoms with E-state index in [0.717, 1.165) is 30.2 Å². The van der Waals surface area contributed by atoms with E-state index in [1.54, 1.807) is 12.1 Å². The van der Waals surface area contributed by atoms with E-state index in [0.29, 0.717) is 10.9 Å². The van der Waals surface area contributed by atoms with Crippen LogP contribution in [0.25, 0.3) is 4.96 Å². The molecule has 0 aliphatic carbocycles. The van der Waals surface area contributed by atoms with Gasteiger partial charge in [-0.05, 0) is 36.5 Å². The maximum absolute atomic E-state index is 13.0. The van der Waals surface area contributed by atoms with E-state index in [-0.39, 0.29) is 18.1 Å². The number of benzene rings is 1. The minimum Gasteiger partial charge on any atom is -0.347 e. The second-order valence-corrected chi connectivity index (χ2v) is 8.00. The summed E-state index contributed by atoms with van der Waals surface area (Å²) in [5, 5.41) is 8.06. The summed E-state index contributed by atoms with van der Waals surface area (Å²) in [6.07, 6.45) is 2.28. The number of carbonyl (C=O) groups is 1. The highest BCUT2D eigenvalue weighted by atomic mass is 32.1. The molecule has 0 saturated carbocycles. The Labute approximate surface area is 164 Å². The highest BCUT2D eigenvalue weighted by Gasteiger charge is 2.22. The molecule has 1 aromatic carbocycles. The Morgan fingerprint density at radius 3 is 2.89 bits per heavy atom. The van der Waals surface area contributed by atoms with Gasteiger partial charge in [-0.3, -0.25) is 9.59 Å². The number of anilines is 1. The molecule has 1 aliphatic heterocycles. The van der Waals surface area contributed by atoms with Crippen LogP contribution in [-0.2, 0) is 6.54 Å². The number of aromatic nitrogens is 3. The molecule has 0 spiro atoms. The van der Waals surface area contributed by atoms with E-state index in [1.165, 1.54) is 40.5 Å². The van der Waals surface area contributed by atoms with Crippen molar-refractivity contribution in [1.29, 1.82) is 0 Å². The Kier molecular flexibility index (Phi) is 5.08. The highest BCUT2D eigenvalue weighted by Crippen LogP contribution is 2.27. The zero-order valence-corrected chi connectivity index (χ0v) is 16.2. The Morgan fingerprint density at radius 2 is 2.14 bits per heavy atom. The van der Waals surface area contributed by atoms with Crippen LogP contribution in [0.2, 0.25) is 0 Å². The number of hydrogen-bond acceptors (Lipinski definition) is 6. The van der Waals surface area contributed by atoms with Crippen LogP contribution >= 0.6 is 11.3 Å².